The van der Waals surface area contributed by atoms with E-state index in [1.54, 1.807) is 12.1 Å². The number of ether oxygens (including phenoxy) is 1. The average Bonchev–Trinajstić information content (AvgIpc) is 3.34. The summed E-state index contributed by atoms with van der Waals surface area (Å²) in [5.74, 6) is -3.76. The standard InChI is InChI=1S/C23H29F2N4O7P/c1-15(21(32)26-11-16-4-5-17(24)10-18(16)25)12-29-20(19(31)13-30)22(33)28(7-3-9-37(34)35)23(27(29)2)6-8-36-14-23/h4-5,10,12-13,31,34-35H,3,6-9,11,14H2,1-2H3,(H,26,32)/b15-12+,20-19+. The molecule has 202 valence electrons. The lowest BCUT2D eigenvalue weighted by molar-refractivity contribution is -0.183. The van der Waals surface area contributed by atoms with Gasteiger partial charge in [0, 0.05) is 56.1 Å². The molecule has 14 heteroatoms. The van der Waals surface area contributed by atoms with Gasteiger partial charge in [0.1, 0.15) is 17.3 Å². The number of rotatable bonds is 9. The Balaban J connectivity index is 1.90. The molecule has 2 fully saturated rings. The number of nitrogens with one attached hydrogen (secondary N) is 1. The highest BCUT2D eigenvalue weighted by Gasteiger charge is 2.54. The number of nitrogens with zero attached hydrogens (tertiary/aromatic N) is 3. The van der Waals surface area contributed by atoms with E-state index in [0.29, 0.717) is 19.1 Å². The molecule has 2 aliphatic rings. The summed E-state index contributed by atoms with van der Waals surface area (Å²) in [5, 5.41) is 15.6. The second kappa shape index (κ2) is 12.1. The van der Waals surface area contributed by atoms with Gasteiger partial charge < -0.3 is 29.8 Å². The first-order chi connectivity index (χ1) is 17.5. The lowest BCUT2D eigenvalue weighted by Crippen LogP contribution is -2.70. The molecular weight excluding hydrogens is 513 g/mol. The van der Waals surface area contributed by atoms with Crippen LogP contribution >= 0.6 is 8.38 Å². The molecule has 1 aromatic rings. The molecule has 2 heterocycles. The van der Waals surface area contributed by atoms with Crippen LogP contribution in [-0.4, -0.2) is 86.5 Å². The topological polar surface area (TPSA) is 143 Å². The number of hydrazine groups is 1. The van der Waals surface area contributed by atoms with Crippen molar-refractivity contribution >= 4 is 26.5 Å². The van der Waals surface area contributed by atoms with Gasteiger partial charge >= 0.3 is 0 Å². The normalized spacial score (nSPS) is 22.2. The van der Waals surface area contributed by atoms with Gasteiger partial charge in [-0.3, -0.25) is 19.4 Å². The highest BCUT2D eigenvalue weighted by Crippen LogP contribution is 2.39. The van der Waals surface area contributed by atoms with Crippen molar-refractivity contribution in [2.75, 3.05) is 33.0 Å². The SMILES string of the molecule is C/C(=C\N1/C(=C(/O)C=O)C(=O)N(CCCP(O)O)C2(CCOC2)N1C)C(=O)NCc1ccc(F)cc1F. The van der Waals surface area contributed by atoms with Crippen LogP contribution in [0.2, 0.25) is 0 Å². The number of allylic oxidation sites excluding steroid dienone is 1. The van der Waals surface area contributed by atoms with Crippen molar-refractivity contribution in [3.63, 3.8) is 0 Å². The van der Waals surface area contributed by atoms with Gasteiger partial charge in [0.05, 0.1) is 13.2 Å². The number of likely N-dealkylation sites (N-methyl/N-ethyl adjacent to an activating group) is 1. The molecule has 1 aromatic carbocycles. The zero-order chi connectivity index (χ0) is 27.3. The summed E-state index contributed by atoms with van der Waals surface area (Å²) >= 11 is 0. The average molecular weight is 542 g/mol. The maximum absolute atomic E-state index is 13.9. The number of aldehydes is 1. The zero-order valence-corrected chi connectivity index (χ0v) is 21.3. The van der Waals surface area contributed by atoms with Crippen LogP contribution in [0.1, 0.15) is 25.3 Å². The number of benzene rings is 1. The van der Waals surface area contributed by atoms with Crippen LogP contribution in [-0.2, 0) is 25.7 Å². The molecule has 4 N–H and O–H groups in total. The number of amides is 2. The lowest BCUT2D eigenvalue weighted by Gasteiger charge is -2.54. The van der Waals surface area contributed by atoms with Crippen molar-refractivity contribution in [1.29, 1.82) is 0 Å². The fourth-order valence-corrected chi connectivity index (χ4v) is 4.71. The van der Waals surface area contributed by atoms with E-state index in [-0.39, 0.29) is 49.7 Å². The summed E-state index contributed by atoms with van der Waals surface area (Å²) in [5.41, 5.74) is -1.30. The molecule has 0 bridgehead atoms. The molecule has 0 saturated carbocycles. The predicted octanol–water partition coefficient (Wildman–Crippen LogP) is 1.25. The molecule has 0 aromatic heterocycles. The third-order valence-corrected chi connectivity index (χ3v) is 7.02. The molecule has 1 atom stereocenters. The summed E-state index contributed by atoms with van der Waals surface area (Å²) in [6.45, 7) is 1.72. The Labute approximate surface area is 213 Å². The van der Waals surface area contributed by atoms with Gasteiger partial charge in [-0.05, 0) is 19.4 Å². The zero-order valence-electron chi connectivity index (χ0n) is 20.4. The Kier molecular flexibility index (Phi) is 9.32. The third kappa shape index (κ3) is 6.13. The monoisotopic (exact) mass is 542 g/mol. The van der Waals surface area contributed by atoms with E-state index in [4.69, 9.17) is 4.74 Å². The van der Waals surface area contributed by atoms with Crippen LogP contribution in [0, 0.1) is 11.6 Å². The number of hydrogen-bond donors (Lipinski definition) is 4. The van der Waals surface area contributed by atoms with E-state index in [1.807, 2.05) is 0 Å². The number of aliphatic hydroxyl groups is 1. The minimum atomic E-state index is -2.16. The fraction of sp³-hybridized carbons (Fsp3) is 0.435. The van der Waals surface area contributed by atoms with Gasteiger partial charge in [-0.1, -0.05) is 6.07 Å². The molecule has 2 aliphatic heterocycles. The summed E-state index contributed by atoms with van der Waals surface area (Å²) in [6.07, 6.45) is 2.07. The number of carbonyl (C=O) groups is 3. The van der Waals surface area contributed by atoms with Crippen molar-refractivity contribution < 1.29 is 42.8 Å². The summed E-state index contributed by atoms with van der Waals surface area (Å²) in [4.78, 5) is 57.7. The maximum Gasteiger partial charge on any atom is 0.277 e. The largest absolute Gasteiger partial charge is 0.503 e. The number of halogens is 2. The van der Waals surface area contributed by atoms with E-state index in [2.05, 4.69) is 5.32 Å². The van der Waals surface area contributed by atoms with Crippen molar-refractivity contribution in [3.05, 3.63) is 58.6 Å². The molecule has 2 amide bonds. The van der Waals surface area contributed by atoms with Crippen molar-refractivity contribution in [2.45, 2.75) is 32.0 Å². The van der Waals surface area contributed by atoms with Gasteiger partial charge in [0.15, 0.2) is 26.1 Å². The van der Waals surface area contributed by atoms with Gasteiger partial charge in [-0.25, -0.2) is 8.78 Å². The molecular formula is C23H29F2N4O7P. The Hall–Kier alpha value is -2.96. The summed E-state index contributed by atoms with van der Waals surface area (Å²) < 4.78 is 32.6. The molecule has 0 radical (unpaired) electrons. The quantitative estimate of drug-likeness (QED) is 0.157. The second-order valence-electron chi connectivity index (χ2n) is 8.64. The molecule has 3 rings (SSSR count). The van der Waals surface area contributed by atoms with Gasteiger partial charge in [-0.2, -0.15) is 5.01 Å². The predicted molar refractivity (Wildman–Crippen MR) is 128 cm³/mol. The number of aliphatic hydroxyl groups excluding tert-OH is 1. The first kappa shape index (κ1) is 28.6. The van der Waals surface area contributed by atoms with Crippen molar-refractivity contribution in [3.8, 4) is 0 Å². The van der Waals surface area contributed by atoms with E-state index in [1.165, 1.54) is 29.1 Å². The Morgan fingerprint density at radius 2 is 2.05 bits per heavy atom. The Bertz CT molecular complexity index is 1110. The molecule has 2 saturated heterocycles. The van der Waals surface area contributed by atoms with Gasteiger partial charge in [0.25, 0.3) is 5.91 Å². The van der Waals surface area contributed by atoms with Crippen LogP contribution < -0.4 is 5.32 Å². The minimum absolute atomic E-state index is 0.0621. The van der Waals surface area contributed by atoms with Crippen LogP contribution in [0.5, 0.6) is 0 Å². The van der Waals surface area contributed by atoms with Crippen LogP contribution in [0.25, 0.3) is 0 Å². The van der Waals surface area contributed by atoms with Gasteiger partial charge in [0.2, 0.25) is 5.91 Å². The third-order valence-electron chi connectivity index (χ3n) is 6.31. The van der Waals surface area contributed by atoms with Crippen LogP contribution in [0.4, 0.5) is 8.78 Å². The highest BCUT2D eigenvalue weighted by atomic mass is 31.2. The smallest absolute Gasteiger partial charge is 0.277 e. The van der Waals surface area contributed by atoms with E-state index < -0.39 is 48.9 Å². The molecule has 1 unspecified atom stereocenters. The van der Waals surface area contributed by atoms with Crippen LogP contribution in [0.3, 0.4) is 0 Å². The molecule has 11 nitrogen and oxygen atoms in total. The Morgan fingerprint density at radius 1 is 1.32 bits per heavy atom. The fourth-order valence-electron chi connectivity index (χ4n) is 4.29. The van der Waals surface area contributed by atoms with E-state index in [0.717, 1.165) is 6.07 Å². The number of hydrogen-bond acceptors (Lipinski definition) is 9. The van der Waals surface area contributed by atoms with Crippen LogP contribution in [0.15, 0.2) is 41.4 Å². The minimum Gasteiger partial charge on any atom is -0.503 e. The molecule has 0 aliphatic carbocycles. The van der Waals surface area contributed by atoms with E-state index >= 15 is 0 Å². The highest BCUT2D eigenvalue weighted by molar-refractivity contribution is 7.45. The lowest BCUT2D eigenvalue weighted by atomic mass is 10.0. The molecule has 1 spiro atoms. The first-order valence-electron chi connectivity index (χ1n) is 11.4. The summed E-state index contributed by atoms with van der Waals surface area (Å²) in [6, 6.07) is 2.98. The maximum atomic E-state index is 13.9. The van der Waals surface area contributed by atoms with E-state index in [9.17, 15) is 38.1 Å². The second-order valence-corrected chi connectivity index (χ2v) is 9.83. The summed E-state index contributed by atoms with van der Waals surface area (Å²) in [7, 11) is -0.558. The van der Waals surface area contributed by atoms with Gasteiger partial charge in [-0.15, -0.1) is 0 Å². The first-order valence-corrected chi connectivity index (χ1v) is 12.8. The molecule has 37 heavy (non-hydrogen) atoms. The Morgan fingerprint density at radius 3 is 2.65 bits per heavy atom. The van der Waals surface area contributed by atoms with Crippen molar-refractivity contribution in [1.82, 2.24) is 20.2 Å². The number of carbonyl (C=O) groups excluding carboxylic acids is 3. The van der Waals surface area contributed by atoms with Crippen molar-refractivity contribution in [2.24, 2.45) is 0 Å².